The minimum atomic E-state index is -3.22. The molecule has 4 bridgehead atoms. The highest BCUT2D eigenvalue weighted by molar-refractivity contribution is 7.89. The summed E-state index contributed by atoms with van der Waals surface area (Å²) in [6.07, 6.45) is 9.53. The summed E-state index contributed by atoms with van der Waals surface area (Å²) in [7, 11) is -3.22. The Labute approximate surface area is 136 Å². The van der Waals surface area contributed by atoms with Crippen molar-refractivity contribution in [3.05, 3.63) is 17.8 Å². The molecule has 1 aromatic rings. The molecular weight excluding hydrogens is 316 g/mol. The van der Waals surface area contributed by atoms with Gasteiger partial charge in [-0.2, -0.15) is 0 Å². The first-order valence-electron chi connectivity index (χ1n) is 8.25. The van der Waals surface area contributed by atoms with Crippen LogP contribution < -0.4 is 5.32 Å². The molecule has 1 heterocycles. The zero-order valence-corrected chi connectivity index (χ0v) is 14.1. The first-order chi connectivity index (χ1) is 10.8. The van der Waals surface area contributed by atoms with Crippen molar-refractivity contribution in [2.45, 2.75) is 49.8 Å². The summed E-state index contributed by atoms with van der Waals surface area (Å²) >= 11 is 0. The molecule has 4 aliphatic carbocycles. The topological polar surface area (TPSA) is 89.3 Å². The molecule has 4 fully saturated rings. The minimum Gasteiger partial charge on any atom is -0.447 e. The average Bonchev–Trinajstić information content (AvgIpc) is 2.82. The Kier molecular flexibility index (Phi) is 3.34. The van der Waals surface area contributed by atoms with Gasteiger partial charge in [-0.15, -0.1) is 0 Å². The highest BCUT2D eigenvalue weighted by Crippen LogP contribution is 2.55. The van der Waals surface area contributed by atoms with Crippen LogP contribution in [0.25, 0.3) is 0 Å². The van der Waals surface area contributed by atoms with Gasteiger partial charge >= 0.3 is 0 Å². The summed E-state index contributed by atoms with van der Waals surface area (Å²) in [4.78, 5) is 16.6. The van der Waals surface area contributed by atoms with Crippen LogP contribution in [0, 0.1) is 17.8 Å². The molecular formula is C16H22N2O4S. The molecule has 5 rings (SSSR count). The number of nitrogens with one attached hydrogen (secondary N) is 1. The third-order valence-electron chi connectivity index (χ3n) is 5.59. The van der Waals surface area contributed by atoms with Gasteiger partial charge in [-0.05, 0) is 56.3 Å². The normalized spacial score (nSPS) is 35.4. The zero-order chi connectivity index (χ0) is 16.2. The average molecular weight is 338 g/mol. The van der Waals surface area contributed by atoms with Crippen LogP contribution >= 0.6 is 0 Å². The SMILES string of the molecule is CS(=O)(=O)Cc1nc(C(=O)NC23CC4CC(CC(C4)C2)C3)co1. The smallest absolute Gasteiger partial charge is 0.273 e. The standard InChI is InChI=1S/C16H22N2O4S/c1-23(20,21)9-14-17-13(8-22-14)15(19)18-16-5-10-2-11(6-16)4-12(3-10)7-16/h8,10-12H,2-7,9H2,1H3,(H,18,19). The molecule has 1 aromatic heterocycles. The second kappa shape index (κ2) is 5.06. The van der Waals surface area contributed by atoms with Crippen molar-refractivity contribution >= 4 is 15.7 Å². The minimum absolute atomic E-state index is 0.0724. The molecule has 0 radical (unpaired) electrons. The monoisotopic (exact) mass is 338 g/mol. The number of nitrogens with zero attached hydrogens (tertiary/aromatic N) is 1. The number of sulfone groups is 1. The molecule has 0 atom stereocenters. The van der Waals surface area contributed by atoms with Crippen molar-refractivity contribution in [1.29, 1.82) is 0 Å². The Balaban J connectivity index is 1.48. The van der Waals surface area contributed by atoms with Gasteiger partial charge in [0.05, 0.1) is 0 Å². The van der Waals surface area contributed by atoms with Crippen molar-refractivity contribution < 1.29 is 17.6 Å². The molecule has 6 nitrogen and oxygen atoms in total. The molecule has 1 amide bonds. The Hall–Kier alpha value is -1.37. The lowest BCUT2D eigenvalue weighted by Crippen LogP contribution is -2.59. The van der Waals surface area contributed by atoms with Crippen molar-refractivity contribution in [2.75, 3.05) is 6.26 Å². The van der Waals surface area contributed by atoms with Gasteiger partial charge in [0.1, 0.15) is 12.0 Å². The van der Waals surface area contributed by atoms with E-state index in [9.17, 15) is 13.2 Å². The number of aromatic nitrogens is 1. The fourth-order valence-corrected chi connectivity index (χ4v) is 5.86. The summed E-state index contributed by atoms with van der Waals surface area (Å²) in [6, 6.07) is 0. The van der Waals surface area contributed by atoms with Crippen molar-refractivity contribution in [1.82, 2.24) is 10.3 Å². The summed E-state index contributed by atoms with van der Waals surface area (Å²) in [5, 5.41) is 3.21. The van der Waals surface area contributed by atoms with Crippen LogP contribution in [0.1, 0.15) is 54.9 Å². The number of hydrogen-bond donors (Lipinski definition) is 1. The number of oxazole rings is 1. The predicted octanol–water partition coefficient (Wildman–Crippen LogP) is 1.92. The van der Waals surface area contributed by atoms with E-state index in [4.69, 9.17) is 4.42 Å². The van der Waals surface area contributed by atoms with E-state index in [1.807, 2.05) is 0 Å². The van der Waals surface area contributed by atoms with Gasteiger partial charge in [0.25, 0.3) is 5.91 Å². The highest BCUT2D eigenvalue weighted by Gasteiger charge is 2.51. The maximum absolute atomic E-state index is 12.5. The lowest BCUT2D eigenvalue weighted by Gasteiger charge is -2.56. The second-order valence-electron chi connectivity index (χ2n) is 7.85. The molecule has 7 heteroatoms. The van der Waals surface area contributed by atoms with Crippen molar-refractivity contribution in [3.8, 4) is 0 Å². The van der Waals surface area contributed by atoms with E-state index in [1.54, 1.807) is 0 Å². The van der Waals surface area contributed by atoms with Gasteiger partial charge in [-0.3, -0.25) is 4.79 Å². The van der Waals surface area contributed by atoms with Gasteiger partial charge in [0.2, 0.25) is 5.89 Å². The maximum Gasteiger partial charge on any atom is 0.273 e. The van der Waals surface area contributed by atoms with Gasteiger partial charge in [-0.1, -0.05) is 0 Å². The first-order valence-corrected chi connectivity index (χ1v) is 10.3. The predicted molar refractivity (Wildman–Crippen MR) is 83.4 cm³/mol. The Bertz CT molecular complexity index is 702. The quantitative estimate of drug-likeness (QED) is 0.906. The lowest BCUT2D eigenvalue weighted by atomic mass is 9.53. The fraction of sp³-hybridized carbons (Fsp3) is 0.750. The van der Waals surface area contributed by atoms with Gasteiger partial charge in [0, 0.05) is 11.8 Å². The van der Waals surface area contributed by atoms with Crippen LogP contribution in [0.4, 0.5) is 0 Å². The molecule has 4 aliphatic rings. The Morgan fingerprint density at radius 3 is 2.35 bits per heavy atom. The summed E-state index contributed by atoms with van der Waals surface area (Å²) in [5.74, 6) is 1.80. The summed E-state index contributed by atoms with van der Waals surface area (Å²) < 4.78 is 27.7. The lowest BCUT2D eigenvalue weighted by molar-refractivity contribution is -0.0167. The Morgan fingerprint density at radius 2 is 1.83 bits per heavy atom. The molecule has 0 saturated heterocycles. The summed E-state index contributed by atoms with van der Waals surface area (Å²) in [5.41, 5.74) is 0.0984. The molecule has 126 valence electrons. The second-order valence-corrected chi connectivity index (χ2v) is 9.99. The molecule has 4 saturated carbocycles. The fourth-order valence-electron chi connectivity index (χ4n) is 5.27. The third-order valence-corrected chi connectivity index (χ3v) is 6.36. The number of amides is 1. The third kappa shape index (κ3) is 3.03. The van der Waals surface area contributed by atoms with Crippen LogP contribution in [0.2, 0.25) is 0 Å². The van der Waals surface area contributed by atoms with E-state index in [-0.39, 0.29) is 28.8 Å². The summed E-state index contributed by atoms with van der Waals surface area (Å²) in [6.45, 7) is 0. The van der Waals surface area contributed by atoms with Gasteiger partial charge < -0.3 is 9.73 Å². The van der Waals surface area contributed by atoms with Gasteiger partial charge in [0.15, 0.2) is 15.5 Å². The molecule has 0 unspecified atom stereocenters. The molecule has 1 N–H and O–H groups in total. The first kappa shape index (κ1) is 15.2. The highest BCUT2D eigenvalue weighted by atomic mass is 32.2. The van der Waals surface area contributed by atoms with Crippen LogP contribution in [0.5, 0.6) is 0 Å². The molecule has 0 aromatic carbocycles. The van der Waals surface area contributed by atoms with Gasteiger partial charge in [-0.25, -0.2) is 13.4 Å². The van der Waals surface area contributed by atoms with Crippen molar-refractivity contribution in [2.24, 2.45) is 17.8 Å². The van der Waals surface area contributed by atoms with E-state index < -0.39 is 9.84 Å². The maximum atomic E-state index is 12.5. The Morgan fingerprint density at radius 1 is 1.26 bits per heavy atom. The molecule has 0 spiro atoms. The number of carbonyl (C=O) groups is 1. The van der Waals surface area contributed by atoms with E-state index >= 15 is 0 Å². The van der Waals surface area contributed by atoms with E-state index in [2.05, 4.69) is 10.3 Å². The van der Waals surface area contributed by atoms with Crippen LogP contribution in [-0.2, 0) is 15.6 Å². The number of rotatable bonds is 4. The zero-order valence-electron chi connectivity index (χ0n) is 13.2. The molecule has 23 heavy (non-hydrogen) atoms. The molecule has 0 aliphatic heterocycles. The van der Waals surface area contributed by atoms with Crippen LogP contribution in [-0.4, -0.2) is 31.1 Å². The van der Waals surface area contributed by atoms with E-state index in [0.29, 0.717) is 0 Å². The van der Waals surface area contributed by atoms with Crippen molar-refractivity contribution in [3.63, 3.8) is 0 Å². The number of carbonyl (C=O) groups excluding carboxylic acids is 1. The van der Waals surface area contributed by atoms with Crippen LogP contribution in [0.3, 0.4) is 0 Å². The number of hydrogen-bond acceptors (Lipinski definition) is 5. The van der Waals surface area contributed by atoms with Crippen LogP contribution in [0.15, 0.2) is 10.7 Å². The van der Waals surface area contributed by atoms with E-state index in [1.165, 1.54) is 25.5 Å². The largest absolute Gasteiger partial charge is 0.447 e. The van der Waals surface area contributed by atoms with E-state index in [0.717, 1.165) is 43.3 Å².